The third-order valence-electron chi connectivity index (χ3n) is 2.46. The Morgan fingerprint density at radius 1 is 1.50 bits per heavy atom. The van der Waals surface area contributed by atoms with E-state index < -0.39 is 6.10 Å². The second-order valence-corrected chi connectivity index (χ2v) is 4.45. The average molecular weight is 268 g/mol. The van der Waals surface area contributed by atoms with Gasteiger partial charge in [-0.3, -0.25) is 4.68 Å². The van der Waals surface area contributed by atoms with Gasteiger partial charge in [-0.25, -0.2) is 0 Å². The molecule has 0 aliphatic rings. The molecule has 0 fully saturated rings. The molecule has 1 aromatic heterocycles. The molecule has 18 heavy (non-hydrogen) atoms. The summed E-state index contributed by atoms with van der Waals surface area (Å²) in [6.07, 6.45) is 1.23. The first-order valence-corrected chi connectivity index (χ1v) is 5.89. The van der Waals surface area contributed by atoms with E-state index in [1.165, 1.54) is 0 Å². The molecular formula is C12H14ClN3O2. The van der Waals surface area contributed by atoms with Crippen LogP contribution in [-0.2, 0) is 13.7 Å². The quantitative estimate of drug-likeness (QED) is 0.922. The molecule has 1 atom stereocenters. The van der Waals surface area contributed by atoms with Gasteiger partial charge in [0, 0.05) is 7.05 Å². The lowest BCUT2D eigenvalue weighted by Crippen LogP contribution is -1.98. The molecule has 0 aliphatic carbocycles. The van der Waals surface area contributed by atoms with Gasteiger partial charge in [-0.1, -0.05) is 22.9 Å². The van der Waals surface area contributed by atoms with Gasteiger partial charge in [-0.2, -0.15) is 0 Å². The predicted molar refractivity (Wildman–Crippen MR) is 67.4 cm³/mol. The van der Waals surface area contributed by atoms with E-state index in [-0.39, 0.29) is 0 Å². The number of ether oxygens (including phenoxy) is 1. The zero-order chi connectivity index (χ0) is 13.1. The van der Waals surface area contributed by atoms with Crippen molar-refractivity contribution in [2.45, 2.75) is 19.6 Å². The number of hydrogen-bond acceptors (Lipinski definition) is 4. The summed E-state index contributed by atoms with van der Waals surface area (Å²) < 4.78 is 7.15. The summed E-state index contributed by atoms with van der Waals surface area (Å²) in [5.41, 5.74) is 1.49. The summed E-state index contributed by atoms with van der Waals surface area (Å²) in [4.78, 5) is 0. The van der Waals surface area contributed by atoms with Gasteiger partial charge in [0.2, 0.25) is 0 Å². The van der Waals surface area contributed by atoms with Crippen LogP contribution in [0.5, 0.6) is 5.75 Å². The molecule has 0 amide bonds. The normalized spacial score (nSPS) is 12.4. The largest absolute Gasteiger partial charge is 0.486 e. The Morgan fingerprint density at radius 2 is 2.28 bits per heavy atom. The van der Waals surface area contributed by atoms with Crippen LogP contribution in [0.15, 0.2) is 24.4 Å². The number of hydrogen-bond donors (Lipinski definition) is 1. The molecule has 0 unspecified atom stereocenters. The molecule has 2 aromatic rings. The van der Waals surface area contributed by atoms with E-state index in [9.17, 15) is 5.11 Å². The van der Waals surface area contributed by atoms with Crippen molar-refractivity contribution in [2.75, 3.05) is 0 Å². The van der Waals surface area contributed by atoms with Gasteiger partial charge in [0.05, 0.1) is 17.3 Å². The van der Waals surface area contributed by atoms with Crippen molar-refractivity contribution in [3.8, 4) is 5.75 Å². The number of nitrogens with zero attached hydrogens (tertiary/aromatic N) is 3. The molecule has 96 valence electrons. The molecular weight excluding hydrogens is 254 g/mol. The number of rotatable bonds is 4. The van der Waals surface area contributed by atoms with Gasteiger partial charge in [-0.15, -0.1) is 5.10 Å². The molecule has 1 N–H and O–H groups in total. The summed E-state index contributed by atoms with van der Waals surface area (Å²) >= 11 is 6.07. The van der Waals surface area contributed by atoms with Crippen molar-refractivity contribution in [3.05, 3.63) is 40.7 Å². The molecule has 0 spiro atoms. The van der Waals surface area contributed by atoms with E-state index >= 15 is 0 Å². The molecule has 0 bridgehead atoms. The van der Waals surface area contributed by atoms with Crippen LogP contribution in [0.2, 0.25) is 5.02 Å². The maximum absolute atomic E-state index is 9.43. The summed E-state index contributed by atoms with van der Waals surface area (Å²) in [5.74, 6) is 0.562. The van der Waals surface area contributed by atoms with Crippen LogP contribution < -0.4 is 4.74 Å². The van der Waals surface area contributed by atoms with Crippen molar-refractivity contribution in [3.63, 3.8) is 0 Å². The predicted octanol–water partition coefficient (Wildman–Crippen LogP) is 2.10. The second kappa shape index (κ2) is 5.37. The van der Waals surface area contributed by atoms with Crippen LogP contribution in [0.25, 0.3) is 0 Å². The highest BCUT2D eigenvalue weighted by molar-refractivity contribution is 6.32. The van der Waals surface area contributed by atoms with E-state index in [4.69, 9.17) is 16.3 Å². The van der Waals surface area contributed by atoms with Gasteiger partial charge >= 0.3 is 0 Å². The molecule has 6 heteroatoms. The van der Waals surface area contributed by atoms with Gasteiger partial charge in [0.25, 0.3) is 0 Å². The van der Waals surface area contributed by atoms with Crippen molar-refractivity contribution in [2.24, 2.45) is 7.05 Å². The zero-order valence-electron chi connectivity index (χ0n) is 10.2. The Balaban J connectivity index is 2.05. The average Bonchev–Trinajstić information content (AvgIpc) is 2.73. The minimum Gasteiger partial charge on any atom is -0.486 e. The van der Waals surface area contributed by atoms with E-state index in [1.54, 1.807) is 43.0 Å². The first-order valence-electron chi connectivity index (χ1n) is 5.52. The second-order valence-electron chi connectivity index (χ2n) is 4.04. The fourth-order valence-corrected chi connectivity index (χ4v) is 1.75. The van der Waals surface area contributed by atoms with Crippen LogP contribution in [-0.4, -0.2) is 20.1 Å². The summed E-state index contributed by atoms with van der Waals surface area (Å²) in [6, 6.07) is 5.21. The third-order valence-corrected chi connectivity index (χ3v) is 2.76. The molecule has 0 saturated carbocycles. The number of aromatic nitrogens is 3. The number of benzene rings is 1. The van der Waals surface area contributed by atoms with Crippen molar-refractivity contribution < 1.29 is 9.84 Å². The van der Waals surface area contributed by atoms with Crippen LogP contribution in [0, 0.1) is 0 Å². The fraction of sp³-hybridized carbons (Fsp3) is 0.333. The standard InChI is InChI=1S/C12H14ClN3O2/c1-8(17)9-3-4-12(11(13)5-9)18-7-10-6-16(2)15-14-10/h3-6,8,17H,7H2,1-2H3/t8-/m1/s1. The fourth-order valence-electron chi connectivity index (χ4n) is 1.51. The Morgan fingerprint density at radius 3 is 2.83 bits per heavy atom. The number of aryl methyl sites for hydroxylation is 1. The molecule has 1 aromatic carbocycles. The highest BCUT2D eigenvalue weighted by Crippen LogP contribution is 2.28. The Hall–Kier alpha value is -1.59. The highest BCUT2D eigenvalue weighted by atomic mass is 35.5. The Labute approximate surface area is 110 Å². The third kappa shape index (κ3) is 3.00. The van der Waals surface area contributed by atoms with Crippen LogP contribution in [0.1, 0.15) is 24.3 Å². The first-order chi connectivity index (χ1) is 8.56. The van der Waals surface area contributed by atoms with Crippen molar-refractivity contribution in [1.29, 1.82) is 0 Å². The van der Waals surface area contributed by atoms with Crippen LogP contribution in [0.3, 0.4) is 0 Å². The van der Waals surface area contributed by atoms with Crippen molar-refractivity contribution >= 4 is 11.6 Å². The molecule has 5 nitrogen and oxygen atoms in total. The minimum absolute atomic E-state index is 0.307. The van der Waals surface area contributed by atoms with Gasteiger partial charge < -0.3 is 9.84 Å². The minimum atomic E-state index is -0.545. The molecule has 0 aliphatic heterocycles. The lowest BCUT2D eigenvalue weighted by Gasteiger charge is -2.09. The highest BCUT2D eigenvalue weighted by Gasteiger charge is 2.07. The summed E-state index contributed by atoms with van der Waals surface area (Å²) in [7, 11) is 1.79. The maximum Gasteiger partial charge on any atom is 0.138 e. The molecule has 1 heterocycles. The number of halogens is 1. The lowest BCUT2D eigenvalue weighted by molar-refractivity contribution is 0.199. The van der Waals surface area contributed by atoms with Gasteiger partial charge in [0.1, 0.15) is 18.1 Å². The summed E-state index contributed by atoms with van der Waals surface area (Å²) in [5, 5.41) is 17.6. The Bertz CT molecular complexity index is 540. The van der Waals surface area contributed by atoms with E-state index in [0.717, 1.165) is 11.3 Å². The van der Waals surface area contributed by atoms with E-state index in [0.29, 0.717) is 17.4 Å². The van der Waals surface area contributed by atoms with E-state index in [1.807, 2.05) is 0 Å². The Kier molecular flexibility index (Phi) is 3.84. The lowest BCUT2D eigenvalue weighted by atomic mass is 10.1. The first kappa shape index (κ1) is 12.9. The zero-order valence-corrected chi connectivity index (χ0v) is 10.9. The smallest absolute Gasteiger partial charge is 0.138 e. The van der Waals surface area contributed by atoms with E-state index in [2.05, 4.69) is 10.3 Å². The number of aliphatic hydroxyl groups excluding tert-OH is 1. The van der Waals surface area contributed by atoms with Crippen molar-refractivity contribution in [1.82, 2.24) is 15.0 Å². The summed E-state index contributed by atoms with van der Waals surface area (Å²) in [6.45, 7) is 1.99. The van der Waals surface area contributed by atoms with Gasteiger partial charge in [-0.05, 0) is 24.6 Å². The van der Waals surface area contributed by atoms with Crippen LogP contribution >= 0.6 is 11.6 Å². The SMILES string of the molecule is C[C@@H](O)c1ccc(OCc2cn(C)nn2)c(Cl)c1. The topological polar surface area (TPSA) is 60.2 Å². The maximum atomic E-state index is 9.43. The van der Waals surface area contributed by atoms with Crippen LogP contribution in [0.4, 0.5) is 0 Å². The molecule has 0 saturated heterocycles. The molecule has 2 rings (SSSR count). The van der Waals surface area contributed by atoms with Gasteiger partial charge in [0.15, 0.2) is 0 Å². The molecule has 0 radical (unpaired) electrons. The number of aliphatic hydroxyl groups is 1. The monoisotopic (exact) mass is 267 g/mol.